The Balaban J connectivity index is 3.60. The second-order valence-corrected chi connectivity index (χ2v) is 2.52. The van der Waals surface area contributed by atoms with Crippen LogP contribution in [0.3, 0.4) is 0 Å². The van der Waals surface area contributed by atoms with Gasteiger partial charge in [0.2, 0.25) is 0 Å². The van der Waals surface area contributed by atoms with Crippen molar-refractivity contribution in [2.45, 2.75) is 0 Å². The Morgan fingerprint density at radius 3 is 2.00 bits per heavy atom. The zero-order valence-corrected chi connectivity index (χ0v) is 4.41. The summed E-state index contributed by atoms with van der Waals surface area (Å²) >= 11 is 0. The fraction of sp³-hybridized carbons (Fsp3) is 1.00. The quantitative estimate of drug-likeness (QED) is 0.496. The number of halogens is 1. The Labute approximate surface area is 41.5 Å². The van der Waals surface area contributed by atoms with Crippen LogP contribution < -0.4 is 5.73 Å². The van der Waals surface area contributed by atoms with Gasteiger partial charge in [-0.15, -0.1) is 3.89 Å². The highest BCUT2D eigenvalue weighted by molar-refractivity contribution is 7.86. The first-order valence-electron chi connectivity index (χ1n) is 1.68. The average molecular weight is 127 g/mol. The Morgan fingerprint density at radius 2 is 2.00 bits per heavy atom. The third kappa shape index (κ3) is 5.84. The van der Waals surface area contributed by atoms with E-state index in [2.05, 4.69) is 0 Å². The van der Waals surface area contributed by atoms with Crippen LogP contribution >= 0.6 is 0 Å². The first-order valence-corrected chi connectivity index (χ1v) is 3.24. The van der Waals surface area contributed by atoms with Crippen molar-refractivity contribution >= 4 is 10.2 Å². The minimum Gasteiger partial charge on any atom is -0.329 e. The molecular formula is C2H6FNO2S. The van der Waals surface area contributed by atoms with E-state index >= 15 is 0 Å². The SMILES string of the molecule is NCCS(=O)(=O)F. The van der Waals surface area contributed by atoms with Crippen molar-refractivity contribution in [1.82, 2.24) is 0 Å². The molecule has 0 aliphatic carbocycles. The highest BCUT2D eigenvalue weighted by atomic mass is 32.3. The molecule has 0 saturated heterocycles. The van der Waals surface area contributed by atoms with E-state index in [1.54, 1.807) is 0 Å². The monoisotopic (exact) mass is 127 g/mol. The Kier molecular flexibility index (Phi) is 2.17. The fourth-order valence-electron chi connectivity index (χ4n) is 0.141. The van der Waals surface area contributed by atoms with Crippen LogP contribution in [0.2, 0.25) is 0 Å². The lowest BCUT2D eigenvalue weighted by atomic mass is 10.8. The summed E-state index contributed by atoms with van der Waals surface area (Å²) in [4.78, 5) is 0. The molecule has 44 valence electrons. The third-order valence-electron chi connectivity index (χ3n) is 0.362. The van der Waals surface area contributed by atoms with Crippen molar-refractivity contribution in [2.75, 3.05) is 12.3 Å². The maximum atomic E-state index is 11.3. The Hall–Kier alpha value is -0.160. The van der Waals surface area contributed by atoms with E-state index in [1.165, 1.54) is 0 Å². The van der Waals surface area contributed by atoms with Gasteiger partial charge in [-0.25, -0.2) is 0 Å². The molecule has 0 atom stereocenters. The topological polar surface area (TPSA) is 60.2 Å². The molecule has 0 radical (unpaired) electrons. The van der Waals surface area contributed by atoms with Crippen molar-refractivity contribution in [3.8, 4) is 0 Å². The maximum absolute atomic E-state index is 11.3. The van der Waals surface area contributed by atoms with Gasteiger partial charge in [-0.3, -0.25) is 0 Å². The van der Waals surface area contributed by atoms with E-state index in [0.717, 1.165) is 0 Å². The van der Waals surface area contributed by atoms with Crippen LogP contribution in [0.1, 0.15) is 0 Å². The van der Waals surface area contributed by atoms with Gasteiger partial charge in [0, 0.05) is 6.54 Å². The summed E-state index contributed by atoms with van der Waals surface area (Å²) in [6.45, 7) is -0.154. The Morgan fingerprint density at radius 1 is 1.57 bits per heavy atom. The van der Waals surface area contributed by atoms with Gasteiger partial charge in [-0.1, -0.05) is 0 Å². The molecule has 0 aliphatic heterocycles. The van der Waals surface area contributed by atoms with E-state index in [9.17, 15) is 12.3 Å². The van der Waals surface area contributed by atoms with E-state index in [-0.39, 0.29) is 6.54 Å². The van der Waals surface area contributed by atoms with E-state index in [4.69, 9.17) is 5.73 Å². The second kappa shape index (κ2) is 2.23. The molecule has 0 fully saturated rings. The van der Waals surface area contributed by atoms with E-state index < -0.39 is 16.0 Å². The van der Waals surface area contributed by atoms with Crippen LogP contribution in [0.25, 0.3) is 0 Å². The summed E-state index contributed by atoms with van der Waals surface area (Å²) in [6.07, 6.45) is 0. The van der Waals surface area contributed by atoms with Crippen LogP contribution in [-0.2, 0) is 10.2 Å². The van der Waals surface area contributed by atoms with E-state index in [0.29, 0.717) is 0 Å². The summed E-state index contributed by atoms with van der Waals surface area (Å²) in [6, 6.07) is 0. The standard InChI is InChI=1S/C2H6FNO2S/c3-7(5,6)2-1-4/h1-2,4H2. The van der Waals surface area contributed by atoms with Crippen molar-refractivity contribution in [3.63, 3.8) is 0 Å². The number of rotatable bonds is 2. The second-order valence-electron chi connectivity index (χ2n) is 1.03. The van der Waals surface area contributed by atoms with Crippen LogP contribution in [-0.4, -0.2) is 20.7 Å². The fourth-order valence-corrected chi connectivity index (χ4v) is 0.422. The third-order valence-corrected chi connectivity index (χ3v) is 1.09. The van der Waals surface area contributed by atoms with Gasteiger partial charge in [-0.2, -0.15) is 8.42 Å². The minimum absolute atomic E-state index is 0.154. The summed E-state index contributed by atoms with van der Waals surface area (Å²) in [7, 11) is -4.30. The number of hydrogen-bond acceptors (Lipinski definition) is 3. The molecule has 0 aromatic heterocycles. The summed E-state index contributed by atoms with van der Waals surface area (Å²) in [5.74, 6) is -0.576. The van der Waals surface area contributed by atoms with Gasteiger partial charge >= 0.3 is 10.2 Å². The van der Waals surface area contributed by atoms with Gasteiger partial charge in [0.1, 0.15) is 0 Å². The molecule has 0 aromatic rings. The first-order chi connectivity index (χ1) is 3.06. The number of nitrogens with two attached hydrogens (primary N) is 1. The van der Waals surface area contributed by atoms with Crippen molar-refractivity contribution < 1.29 is 12.3 Å². The Bertz CT molecular complexity index is 129. The molecule has 0 unspecified atom stereocenters. The molecule has 5 heteroatoms. The summed E-state index contributed by atoms with van der Waals surface area (Å²) in [5, 5.41) is 0. The number of hydrogen-bond donors (Lipinski definition) is 1. The van der Waals surface area contributed by atoms with Gasteiger partial charge in [-0.05, 0) is 0 Å². The van der Waals surface area contributed by atoms with Crippen molar-refractivity contribution in [3.05, 3.63) is 0 Å². The van der Waals surface area contributed by atoms with Crippen LogP contribution in [0.4, 0.5) is 3.89 Å². The largest absolute Gasteiger partial charge is 0.329 e. The predicted octanol–water partition coefficient (Wildman–Crippen LogP) is -0.756. The average Bonchev–Trinajstić information content (AvgIpc) is 1.30. The summed E-state index contributed by atoms with van der Waals surface area (Å²) < 4.78 is 30.3. The van der Waals surface area contributed by atoms with E-state index in [1.807, 2.05) is 0 Å². The highest BCUT2D eigenvalue weighted by Crippen LogP contribution is 1.85. The maximum Gasteiger partial charge on any atom is 0.303 e. The molecule has 0 bridgehead atoms. The van der Waals surface area contributed by atoms with Gasteiger partial charge in [0.05, 0.1) is 5.75 Å². The molecule has 0 saturated carbocycles. The smallest absolute Gasteiger partial charge is 0.303 e. The molecule has 0 heterocycles. The van der Waals surface area contributed by atoms with Crippen molar-refractivity contribution in [1.29, 1.82) is 0 Å². The molecule has 0 aromatic carbocycles. The normalized spacial score (nSPS) is 11.7. The summed E-state index contributed by atoms with van der Waals surface area (Å²) in [5.41, 5.74) is 4.70. The molecule has 0 aliphatic rings. The molecule has 2 N–H and O–H groups in total. The molecule has 0 amide bonds. The lowest BCUT2D eigenvalue weighted by Gasteiger charge is -1.83. The molecule has 7 heavy (non-hydrogen) atoms. The van der Waals surface area contributed by atoms with Crippen LogP contribution in [0.5, 0.6) is 0 Å². The highest BCUT2D eigenvalue weighted by Gasteiger charge is 2.01. The van der Waals surface area contributed by atoms with Crippen LogP contribution in [0, 0.1) is 0 Å². The first kappa shape index (κ1) is 6.84. The van der Waals surface area contributed by atoms with Crippen molar-refractivity contribution in [2.24, 2.45) is 5.73 Å². The van der Waals surface area contributed by atoms with Crippen LogP contribution in [0.15, 0.2) is 0 Å². The van der Waals surface area contributed by atoms with Gasteiger partial charge in [0.25, 0.3) is 0 Å². The predicted molar refractivity (Wildman–Crippen MR) is 23.9 cm³/mol. The zero-order chi connectivity index (χ0) is 5.91. The molecular weight excluding hydrogens is 121 g/mol. The molecule has 0 spiro atoms. The van der Waals surface area contributed by atoms with Gasteiger partial charge in [0.15, 0.2) is 0 Å². The minimum atomic E-state index is -4.30. The molecule has 3 nitrogen and oxygen atoms in total. The van der Waals surface area contributed by atoms with Gasteiger partial charge < -0.3 is 5.73 Å². The molecule has 0 rings (SSSR count). The lowest BCUT2D eigenvalue weighted by molar-refractivity contribution is 0.552. The lowest BCUT2D eigenvalue weighted by Crippen LogP contribution is -2.10. The zero-order valence-electron chi connectivity index (χ0n) is 3.59.